The number of phosphoric ester groups is 1. The van der Waals surface area contributed by atoms with Gasteiger partial charge in [0.15, 0.2) is 11.5 Å². The minimum Gasteiger partial charge on any atom is -0.394 e. The van der Waals surface area contributed by atoms with Gasteiger partial charge in [-0.25, -0.2) is 24.3 Å². The molecule has 2 saturated heterocycles. The lowest BCUT2D eigenvalue weighted by Crippen LogP contribution is -2.29. The Morgan fingerprint density at radius 2 is 1.89 bits per heavy atom. The number of anilines is 2. The minimum atomic E-state index is -4.70. The average Bonchev–Trinajstić information content (AvgIpc) is 3.54. The van der Waals surface area contributed by atoms with Crippen LogP contribution in [0.4, 0.5) is 11.6 Å². The molecule has 0 aromatic carbocycles. The van der Waals surface area contributed by atoms with Crippen molar-refractivity contribution in [2.24, 2.45) is 0 Å². The molecule has 0 amide bonds. The van der Waals surface area contributed by atoms with E-state index in [0.717, 1.165) is 4.57 Å². The van der Waals surface area contributed by atoms with Gasteiger partial charge in [0.25, 0.3) is 0 Å². The van der Waals surface area contributed by atoms with E-state index >= 15 is 0 Å². The van der Waals surface area contributed by atoms with Gasteiger partial charge >= 0.3 is 13.5 Å². The molecule has 5 heterocycles. The molecule has 0 radical (unpaired) electrons. The van der Waals surface area contributed by atoms with Crippen molar-refractivity contribution in [3.63, 3.8) is 0 Å². The molecule has 3 aromatic heterocycles. The van der Waals surface area contributed by atoms with E-state index in [9.17, 15) is 24.5 Å². The molecule has 17 nitrogen and oxygen atoms in total. The number of nitrogens with two attached hydrogens (primary N) is 2. The molecule has 0 bridgehead atoms. The summed E-state index contributed by atoms with van der Waals surface area (Å²) < 4.78 is 37.1. The van der Waals surface area contributed by atoms with Gasteiger partial charge in [-0.15, -0.1) is 0 Å². The summed E-state index contributed by atoms with van der Waals surface area (Å²) in [6.45, 7) is -1.02. The average molecular weight is 540 g/mol. The van der Waals surface area contributed by atoms with Crippen molar-refractivity contribution in [1.29, 1.82) is 0 Å². The van der Waals surface area contributed by atoms with Crippen LogP contribution in [0.1, 0.15) is 25.3 Å². The Kier molecular flexibility index (Phi) is 6.95. The van der Waals surface area contributed by atoms with Gasteiger partial charge in [0.05, 0.1) is 25.6 Å². The molecule has 200 valence electrons. The zero-order valence-corrected chi connectivity index (χ0v) is 20.1. The van der Waals surface area contributed by atoms with Crippen molar-refractivity contribution in [3.05, 3.63) is 35.4 Å². The van der Waals surface area contributed by atoms with E-state index in [0.29, 0.717) is 11.2 Å². The van der Waals surface area contributed by atoms with Gasteiger partial charge in [-0.3, -0.25) is 18.2 Å². The van der Waals surface area contributed by atoms with Crippen LogP contribution in [0.15, 0.2) is 29.7 Å². The number of rotatable bonds is 8. The molecule has 7 atom stereocenters. The fourth-order valence-corrected chi connectivity index (χ4v) is 5.24. The normalized spacial score (nSPS) is 29.6. The smallest absolute Gasteiger partial charge is 0.394 e. The van der Waals surface area contributed by atoms with Gasteiger partial charge < -0.3 is 36.0 Å². The van der Waals surface area contributed by atoms with Gasteiger partial charge in [0.1, 0.15) is 48.4 Å². The highest BCUT2D eigenvalue weighted by Gasteiger charge is 2.43. The molecule has 3 aromatic rings. The number of aliphatic hydroxyl groups excluding tert-OH is 2. The lowest BCUT2D eigenvalue weighted by molar-refractivity contribution is -0.0564. The van der Waals surface area contributed by atoms with Gasteiger partial charge in [-0.05, 0) is 6.07 Å². The third-order valence-electron chi connectivity index (χ3n) is 6.09. The van der Waals surface area contributed by atoms with Crippen molar-refractivity contribution < 1.29 is 38.2 Å². The van der Waals surface area contributed by atoms with Gasteiger partial charge in [-0.1, -0.05) is 0 Å². The van der Waals surface area contributed by atoms with Crippen molar-refractivity contribution >= 4 is 30.6 Å². The van der Waals surface area contributed by atoms with Crippen molar-refractivity contribution in [2.75, 3.05) is 24.7 Å². The van der Waals surface area contributed by atoms with Crippen LogP contribution >= 0.6 is 7.82 Å². The number of nitrogens with zero attached hydrogens (tertiary/aromatic N) is 6. The summed E-state index contributed by atoms with van der Waals surface area (Å²) >= 11 is 0. The second-order valence-electron chi connectivity index (χ2n) is 8.51. The standard InChI is InChI=1S/C19H25N8O9P/c20-13-1-2-26(19(30)25-13)15-4-10(11(5-28)34-15)36-37(31,32)33-6-12-9(29)3-14(35-12)27-8-24-16-17(21)22-7-23-18(16)27/h1-2,7-12,14-15,28-29H,3-6H2,(H,31,32)(H2,20,25,30)(H2,21,22,23)/t9-,10-,11+,12+,14+,15+/m0/s1. The van der Waals surface area contributed by atoms with E-state index < -0.39 is 63.6 Å². The third-order valence-corrected chi connectivity index (χ3v) is 7.11. The molecule has 7 N–H and O–H groups in total. The van der Waals surface area contributed by atoms with Crippen LogP contribution in [0.25, 0.3) is 11.2 Å². The fourth-order valence-electron chi connectivity index (χ4n) is 4.28. The number of ether oxygens (including phenoxy) is 2. The molecule has 18 heteroatoms. The predicted molar refractivity (Wildman–Crippen MR) is 123 cm³/mol. The van der Waals surface area contributed by atoms with Crippen molar-refractivity contribution in [3.8, 4) is 0 Å². The van der Waals surface area contributed by atoms with Crippen LogP contribution in [0.5, 0.6) is 0 Å². The first kappa shape index (κ1) is 25.6. The van der Waals surface area contributed by atoms with Crippen LogP contribution < -0.4 is 17.2 Å². The first-order valence-electron chi connectivity index (χ1n) is 11.2. The lowest BCUT2D eigenvalue weighted by Gasteiger charge is -2.21. The number of hydrogen-bond acceptors (Lipinski definition) is 14. The molecular weight excluding hydrogens is 515 g/mol. The number of imidazole rings is 1. The number of aromatic nitrogens is 6. The summed E-state index contributed by atoms with van der Waals surface area (Å²) in [4.78, 5) is 38.2. The van der Waals surface area contributed by atoms with Crippen LogP contribution in [-0.4, -0.2) is 81.8 Å². The number of hydrogen-bond donors (Lipinski definition) is 5. The summed E-state index contributed by atoms with van der Waals surface area (Å²) in [5, 5.41) is 20.1. The Bertz CT molecular complexity index is 1390. The monoisotopic (exact) mass is 540 g/mol. The zero-order chi connectivity index (χ0) is 26.3. The largest absolute Gasteiger partial charge is 0.472 e. The number of phosphoric acid groups is 1. The SMILES string of the molecule is Nc1ccn([C@H]2C[C@H](OP(=O)(O)OC[C@H]3O[C@@H](n4cnc5c(N)ncnc54)C[C@@H]3O)[C@@H](CO)O2)c(=O)n1. The van der Waals surface area contributed by atoms with E-state index in [2.05, 4.69) is 19.9 Å². The van der Waals surface area contributed by atoms with Gasteiger partial charge in [0, 0.05) is 19.0 Å². The molecule has 37 heavy (non-hydrogen) atoms. The van der Waals surface area contributed by atoms with Crippen molar-refractivity contribution in [2.45, 2.75) is 49.7 Å². The molecule has 2 aliphatic rings. The Balaban J connectivity index is 1.20. The fraction of sp³-hybridized carbons (Fsp3) is 0.526. The maximum absolute atomic E-state index is 12.7. The van der Waals surface area contributed by atoms with E-state index in [1.54, 1.807) is 4.57 Å². The molecule has 1 unspecified atom stereocenters. The zero-order valence-electron chi connectivity index (χ0n) is 19.2. The minimum absolute atomic E-state index is 0.0243. The Morgan fingerprint density at radius 1 is 1.14 bits per heavy atom. The number of fused-ring (bicyclic) bond motifs is 1. The topological polar surface area (TPSA) is 245 Å². The predicted octanol–water partition coefficient (Wildman–Crippen LogP) is -1.32. The van der Waals surface area contributed by atoms with Crippen LogP contribution in [-0.2, 0) is 23.1 Å². The first-order valence-corrected chi connectivity index (χ1v) is 12.7. The van der Waals surface area contributed by atoms with Gasteiger partial charge in [-0.2, -0.15) is 4.98 Å². The highest BCUT2D eigenvalue weighted by Crippen LogP contribution is 2.49. The second-order valence-corrected chi connectivity index (χ2v) is 9.92. The lowest BCUT2D eigenvalue weighted by atomic mass is 10.2. The third kappa shape index (κ3) is 5.21. The van der Waals surface area contributed by atoms with Crippen LogP contribution in [0.2, 0.25) is 0 Å². The summed E-state index contributed by atoms with van der Waals surface area (Å²) in [6.07, 6.45) is -1.52. The molecular formula is C19H25N8O9P. The van der Waals surface area contributed by atoms with Crippen molar-refractivity contribution in [1.82, 2.24) is 29.1 Å². The summed E-state index contributed by atoms with van der Waals surface area (Å²) in [5.74, 6) is 0.216. The molecule has 2 aliphatic heterocycles. The van der Waals surface area contributed by atoms with E-state index in [1.807, 2.05) is 0 Å². The summed E-state index contributed by atoms with van der Waals surface area (Å²) in [7, 11) is -4.70. The van der Waals surface area contributed by atoms with Crippen LogP contribution in [0, 0.1) is 0 Å². The highest BCUT2D eigenvalue weighted by molar-refractivity contribution is 7.47. The van der Waals surface area contributed by atoms with Crippen LogP contribution in [0.3, 0.4) is 0 Å². The molecule has 2 fully saturated rings. The number of nitrogen functional groups attached to an aromatic ring is 2. The first-order chi connectivity index (χ1) is 17.6. The Morgan fingerprint density at radius 3 is 2.65 bits per heavy atom. The molecule has 5 rings (SSSR count). The quantitative estimate of drug-likeness (QED) is 0.208. The highest BCUT2D eigenvalue weighted by atomic mass is 31.2. The van der Waals surface area contributed by atoms with E-state index in [1.165, 1.54) is 24.9 Å². The van der Waals surface area contributed by atoms with E-state index in [4.69, 9.17) is 30.0 Å². The molecule has 0 spiro atoms. The Hall–Kier alpha value is -3.02. The molecule has 0 aliphatic carbocycles. The number of aliphatic hydroxyl groups is 2. The Labute approximate surface area is 208 Å². The van der Waals surface area contributed by atoms with Gasteiger partial charge in [0.2, 0.25) is 0 Å². The van der Waals surface area contributed by atoms with E-state index in [-0.39, 0.29) is 24.5 Å². The summed E-state index contributed by atoms with van der Waals surface area (Å²) in [6, 6.07) is 1.39. The maximum Gasteiger partial charge on any atom is 0.472 e. The summed E-state index contributed by atoms with van der Waals surface area (Å²) in [5.41, 5.74) is 11.4. The second kappa shape index (κ2) is 10.0. The molecule has 0 saturated carbocycles. The maximum atomic E-state index is 12.7.